The number of anilines is 1. The Kier molecular flexibility index (Phi) is 4.53. The van der Waals surface area contributed by atoms with Gasteiger partial charge in [-0.3, -0.25) is 4.90 Å². The molecule has 3 aromatic rings. The van der Waals surface area contributed by atoms with Crippen LogP contribution in [0.25, 0.3) is 11.0 Å². The average Bonchev–Trinajstić information content (AvgIpc) is 2.65. The molecule has 134 valence electrons. The van der Waals surface area contributed by atoms with Crippen LogP contribution in [0, 0.1) is 0 Å². The number of benzene rings is 1. The Bertz CT molecular complexity index is 982. The van der Waals surface area contributed by atoms with E-state index < -0.39 is 5.63 Å². The molecule has 0 radical (unpaired) electrons. The van der Waals surface area contributed by atoms with Crippen LogP contribution in [0.15, 0.2) is 51.8 Å². The zero-order valence-corrected chi connectivity index (χ0v) is 14.8. The van der Waals surface area contributed by atoms with Crippen molar-refractivity contribution in [2.45, 2.75) is 6.54 Å². The topological polar surface area (TPSA) is 69.8 Å². The number of nitrogens with zero attached hydrogens (tertiary/aromatic N) is 3. The average molecular weight is 372 g/mol. The molecule has 0 unspecified atom stereocenters. The largest absolute Gasteiger partial charge is 0.506 e. The van der Waals surface area contributed by atoms with Crippen molar-refractivity contribution in [2.75, 3.05) is 31.1 Å². The second-order valence-corrected chi connectivity index (χ2v) is 6.75. The number of rotatable bonds is 3. The fourth-order valence-electron chi connectivity index (χ4n) is 3.28. The number of phenolic OH excluding ortho intramolecular Hbond substituents is 1. The van der Waals surface area contributed by atoms with Crippen molar-refractivity contribution in [2.24, 2.45) is 0 Å². The van der Waals surface area contributed by atoms with Gasteiger partial charge in [0.15, 0.2) is 0 Å². The lowest BCUT2D eigenvalue weighted by atomic mass is 10.1. The Morgan fingerprint density at radius 3 is 2.69 bits per heavy atom. The zero-order chi connectivity index (χ0) is 18.1. The van der Waals surface area contributed by atoms with Gasteiger partial charge in [-0.25, -0.2) is 9.78 Å². The van der Waals surface area contributed by atoms with Gasteiger partial charge >= 0.3 is 5.63 Å². The van der Waals surface area contributed by atoms with Crippen molar-refractivity contribution in [3.05, 3.63) is 63.6 Å². The maximum absolute atomic E-state index is 11.9. The second kappa shape index (κ2) is 6.97. The van der Waals surface area contributed by atoms with Crippen molar-refractivity contribution < 1.29 is 9.52 Å². The number of piperazine rings is 1. The minimum Gasteiger partial charge on any atom is -0.506 e. The van der Waals surface area contributed by atoms with E-state index in [1.165, 1.54) is 12.1 Å². The summed E-state index contributed by atoms with van der Waals surface area (Å²) in [6, 6.07) is 10.5. The van der Waals surface area contributed by atoms with Gasteiger partial charge in [-0.15, -0.1) is 0 Å². The third-order valence-corrected chi connectivity index (χ3v) is 4.94. The van der Waals surface area contributed by atoms with E-state index in [1.807, 2.05) is 18.2 Å². The Morgan fingerprint density at radius 1 is 1.15 bits per heavy atom. The molecule has 1 aromatic carbocycles. The van der Waals surface area contributed by atoms with Crippen LogP contribution in [0.5, 0.6) is 5.75 Å². The summed E-state index contributed by atoms with van der Waals surface area (Å²) in [6.07, 6.45) is 1.80. The van der Waals surface area contributed by atoms with Crippen LogP contribution in [-0.2, 0) is 6.54 Å². The number of fused-ring (bicyclic) bond motifs is 1. The summed E-state index contributed by atoms with van der Waals surface area (Å²) in [5.41, 5.74) is 0.771. The summed E-state index contributed by atoms with van der Waals surface area (Å²) in [5.74, 6) is 0.892. The van der Waals surface area contributed by atoms with E-state index in [0.29, 0.717) is 12.1 Å². The summed E-state index contributed by atoms with van der Waals surface area (Å²) in [7, 11) is 0. The van der Waals surface area contributed by atoms with Crippen molar-refractivity contribution in [1.29, 1.82) is 0 Å². The van der Waals surface area contributed by atoms with Gasteiger partial charge in [0.25, 0.3) is 0 Å². The maximum atomic E-state index is 11.9. The molecule has 1 saturated heterocycles. The highest BCUT2D eigenvalue weighted by Gasteiger charge is 2.19. The number of aromatic hydroxyl groups is 1. The normalized spacial score (nSPS) is 15.5. The van der Waals surface area contributed by atoms with E-state index in [-0.39, 0.29) is 10.8 Å². The first kappa shape index (κ1) is 16.9. The molecule has 0 atom stereocenters. The third kappa shape index (κ3) is 3.38. The fraction of sp³-hybridized carbons (Fsp3) is 0.263. The molecule has 0 spiro atoms. The van der Waals surface area contributed by atoms with Gasteiger partial charge < -0.3 is 14.4 Å². The predicted molar refractivity (Wildman–Crippen MR) is 101 cm³/mol. The second-order valence-electron chi connectivity index (χ2n) is 6.34. The van der Waals surface area contributed by atoms with Crippen LogP contribution in [0.1, 0.15) is 5.56 Å². The van der Waals surface area contributed by atoms with Crippen LogP contribution in [0.2, 0.25) is 5.02 Å². The Hall–Kier alpha value is -2.57. The third-order valence-electron chi connectivity index (χ3n) is 4.64. The van der Waals surface area contributed by atoms with Crippen molar-refractivity contribution >= 4 is 28.4 Å². The van der Waals surface area contributed by atoms with E-state index >= 15 is 0 Å². The molecule has 3 heterocycles. The quantitative estimate of drug-likeness (QED) is 0.714. The first-order valence-electron chi connectivity index (χ1n) is 8.44. The molecule has 26 heavy (non-hydrogen) atoms. The predicted octanol–water partition coefficient (Wildman–Crippen LogP) is 2.87. The molecule has 6 nitrogen and oxygen atoms in total. The van der Waals surface area contributed by atoms with E-state index in [9.17, 15) is 9.90 Å². The lowest BCUT2D eigenvalue weighted by molar-refractivity contribution is 0.249. The molecule has 0 amide bonds. The van der Waals surface area contributed by atoms with Gasteiger partial charge in [-0.2, -0.15) is 0 Å². The monoisotopic (exact) mass is 371 g/mol. The Morgan fingerprint density at radius 2 is 1.96 bits per heavy atom. The van der Waals surface area contributed by atoms with Crippen LogP contribution >= 0.6 is 11.6 Å². The number of aromatic nitrogens is 1. The molecule has 4 rings (SSSR count). The van der Waals surface area contributed by atoms with Gasteiger partial charge in [-0.05, 0) is 23.8 Å². The molecule has 0 bridgehead atoms. The highest BCUT2D eigenvalue weighted by Crippen LogP contribution is 2.30. The van der Waals surface area contributed by atoms with Gasteiger partial charge in [-0.1, -0.05) is 17.7 Å². The van der Waals surface area contributed by atoms with Crippen LogP contribution < -0.4 is 10.5 Å². The molecule has 1 aliphatic rings. The summed E-state index contributed by atoms with van der Waals surface area (Å²) >= 11 is 6.03. The molecule has 0 saturated carbocycles. The first-order chi connectivity index (χ1) is 12.6. The summed E-state index contributed by atoms with van der Waals surface area (Å²) < 4.78 is 5.19. The Labute approximate surface area is 155 Å². The number of halogens is 1. The van der Waals surface area contributed by atoms with Gasteiger partial charge in [0.1, 0.15) is 17.2 Å². The minimum atomic E-state index is -0.429. The molecule has 2 aromatic heterocycles. The van der Waals surface area contributed by atoms with Crippen molar-refractivity contribution in [3.63, 3.8) is 0 Å². The first-order valence-corrected chi connectivity index (χ1v) is 8.81. The standard InChI is InChI=1S/C19H18ClN3O3/c20-15-10-14-13(9-19(25)26-17(14)11-16(15)24)12-22-5-7-23(8-6-22)18-3-1-2-4-21-18/h1-4,9-11,24H,5-8,12H2. The molecule has 0 aliphatic carbocycles. The van der Waals surface area contributed by atoms with E-state index in [1.54, 1.807) is 12.3 Å². The summed E-state index contributed by atoms with van der Waals surface area (Å²) in [4.78, 5) is 20.8. The van der Waals surface area contributed by atoms with Crippen molar-refractivity contribution in [1.82, 2.24) is 9.88 Å². The van der Waals surface area contributed by atoms with Crippen LogP contribution in [0.3, 0.4) is 0 Å². The number of pyridine rings is 1. The van der Waals surface area contributed by atoms with Crippen molar-refractivity contribution in [3.8, 4) is 5.75 Å². The van der Waals surface area contributed by atoms with E-state index in [4.69, 9.17) is 16.0 Å². The zero-order valence-electron chi connectivity index (χ0n) is 14.1. The number of hydrogen-bond acceptors (Lipinski definition) is 6. The molecule has 1 fully saturated rings. The van der Waals surface area contributed by atoms with E-state index in [2.05, 4.69) is 14.8 Å². The number of hydrogen-bond donors (Lipinski definition) is 1. The molecule has 1 N–H and O–H groups in total. The fourth-order valence-corrected chi connectivity index (χ4v) is 3.45. The molecular formula is C19H18ClN3O3. The molecule has 7 heteroatoms. The highest BCUT2D eigenvalue weighted by molar-refractivity contribution is 6.32. The van der Waals surface area contributed by atoms with Crippen LogP contribution in [-0.4, -0.2) is 41.2 Å². The van der Waals surface area contributed by atoms with Gasteiger partial charge in [0, 0.05) is 56.4 Å². The lowest BCUT2D eigenvalue weighted by Crippen LogP contribution is -2.46. The van der Waals surface area contributed by atoms with E-state index in [0.717, 1.165) is 42.9 Å². The SMILES string of the molecule is O=c1cc(CN2CCN(c3ccccn3)CC2)c2cc(Cl)c(O)cc2o1. The lowest BCUT2D eigenvalue weighted by Gasteiger charge is -2.35. The minimum absolute atomic E-state index is 0.0940. The summed E-state index contributed by atoms with van der Waals surface area (Å²) in [5, 5.41) is 10.7. The molecular weight excluding hydrogens is 354 g/mol. The van der Waals surface area contributed by atoms with Crippen LogP contribution in [0.4, 0.5) is 5.82 Å². The maximum Gasteiger partial charge on any atom is 0.336 e. The highest BCUT2D eigenvalue weighted by atomic mass is 35.5. The Balaban J connectivity index is 1.53. The smallest absolute Gasteiger partial charge is 0.336 e. The molecule has 1 aliphatic heterocycles. The number of phenols is 1. The van der Waals surface area contributed by atoms with Gasteiger partial charge in [0.2, 0.25) is 0 Å². The van der Waals surface area contributed by atoms with Gasteiger partial charge in [0.05, 0.1) is 5.02 Å². The summed E-state index contributed by atoms with van der Waals surface area (Å²) in [6.45, 7) is 4.10.